The summed E-state index contributed by atoms with van der Waals surface area (Å²) in [7, 11) is -3.26. The van der Waals surface area contributed by atoms with Crippen molar-refractivity contribution >= 4 is 28.2 Å². The van der Waals surface area contributed by atoms with Crippen LogP contribution in [0.2, 0.25) is 0 Å². The highest BCUT2D eigenvalue weighted by Gasteiger charge is 2.30. The van der Waals surface area contributed by atoms with Gasteiger partial charge >= 0.3 is 0 Å². The molecule has 5 nitrogen and oxygen atoms in total. The van der Waals surface area contributed by atoms with E-state index in [1.54, 1.807) is 11.8 Å². The van der Waals surface area contributed by atoms with Crippen molar-refractivity contribution in [1.29, 1.82) is 0 Å². The summed E-state index contributed by atoms with van der Waals surface area (Å²) in [6.45, 7) is 4.97. The van der Waals surface area contributed by atoms with Crippen LogP contribution in [-0.2, 0) is 14.6 Å². The molecule has 0 saturated carbocycles. The van der Waals surface area contributed by atoms with E-state index in [1.165, 1.54) is 0 Å². The van der Waals surface area contributed by atoms with Crippen molar-refractivity contribution in [2.45, 2.75) is 39.2 Å². The van der Waals surface area contributed by atoms with Gasteiger partial charge in [-0.15, -0.1) is 12.4 Å². The number of carbonyl (C=O) groups is 1. The molecule has 1 saturated heterocycles. The molecule has 0 aromatic carbocycles. The Morgan fingerprint density at radius 3 is 2.58 bits per heavy atom. The third-order valence-electron chi connectivity index (χ3n) is 3.43. The first-order valence-corrected chi connectivity index (χ1v) is 8.41. The summed E-state index contributed by atoms with van der Waals surface area (Å²) >= 11 is 0. The second-order valence-corrected chi connectivity index (χ2v) is 7.38. The maximum Gasteiger partial charge on any atom is 0.238 e. The van der Waals surface area contributed by atoms with Crippen molar-refractivity contribution in [1.82, 2.24) is 4.90 Å². The van der Waals surface area contributed by atoms with Crippen LogP contribution in [-0.4, -0.2) is 49.9 Å². The summed E-state index contributed by atoms with van der Waals surface area (Å²) in [5.74, 6) is -0.0252. The average Bonchev–Trinajstić information content (AvgIpc) is 2.27. The fraction of sp³-hybridized carbons (Fsp3) is 0.917. The van der Waals surface area contributed by atoms with E-state index in [9.17, 15) is 13.2 Å². The molecule has 1 amide bonds. The monoisotopic (exact) mass is 312 g/mol. The Kier molecular flexibility index (Phi) is 7.93. The van der Waals surface area contributed by atoms with E-state index in [-0.39, 0.29) is 35.9 Å². The van der Waals surface area contributed by atoms with Gasteiger partial charge in [-0.1, -0.05) is 13.8 Å². The first-order chi connectivity index (χ1) is 8.39. The lowest BCUT2D eigenvalue weighted by Crippen LogP contribution is -2.51. The van der Waals surface area contributed by atoms with Crippen LogP contribution >= 0.6 is 12.4 Å². The zero-order chi connectivity index (χ0) is 13.8. The van der Waals surface area contributed by atoms with Crippen molar-refractivity contribution < 1.29 is 13.2 Å². The number of nitrogens with two attached hydrogens (primary N) is 1. The summed E-state index contributed by atoms with van der Waals surface area (Å²) in [5, 5.41) is 0. The summed E-state index contributed by atoms with van der Waals surface area (Å²) < 4.78 is 23.3. The van der Waals surface area contributed by atoms with Crippen LogP contribution in [0, 0.1) is 5.92 Å². The van der Waals surface area contributed by atoms with E-state index in [1.807, 2.05) is 0 Å². The van der Waals surface area contributed by atoms with Crippen molar-refractivity contribution in [3.05, 3.63) is 0 Å². The fourth-order valence-corrected chi connectivity index (χ4v) is 3.77. The van der Waals surface area contributed by atoms with Crippen molar-refractivity contribution in [2.24, 2.45) is 11.7 Å². The molecule has 0 aromatic rings. The number of carbonyl (C=O) groups excluding carboxylic acids is 1. The molecule has 0 radical (unpaired) electrons. The number of amides is 1. The van der Waals surface area contributed by atoms with Crippen LogP contribution in [0.4, 0.5) is 0 Å². The minimum absolute atomic E-state index is 0. The van der Waals surface area contributed by atoms with Gasteiger partial charge in [0.05, 0.1) is 5.75 Å². The van der Waals surface area contributed by atoms with Gasteiger partial charge in [0.25, 0.3) is 0 Å². The predicted molar refractivity (Wildman–Crippen MR) is 79.1 cm³/mol. The molecule has 114 valence electrons. The van der Waals surface area contributed by atoms with Gasteiger partial charge < -0.3 is 10.6 Å². The molecule has 1 heterocycles. The second kappa shape index (κ2) is 8.07. The third-order valence-corrected chi connectivity index (χ3v) is 5.15. The Morgan fingerprint density at radius 1 is 1.42 bits per heavy atom. The second-order valence-electron chi connectivity index (χ2n) is 5.20. The van der Waals surface area contributed by atoms with Gasteiger partial charge in [-0.3, -0.25) is 4.79 Å². The standard InChI is InChI=1S/C12H24N2O3S.ClH/c1-3-6-18(16,17)9-12(15)14-5-4-10(2)7-11(14)8-13;/h10-11H,3-9,13H2,1-2H3;1H. The van der Waals surface area contributed by atoms with Crippen molar-refractivity contribution in [3.63, 3.8) is 0 Å². The number of nitrogens with zero attached hydrogens (tertiary/aromatic N) is 1. The molecular weight excluding hydrogens is 288 g/mol. The first kappa shape index (κ1) is 18.7. The lowest BCUT2D eigenvalue weighted by molar-refractivity contribution is -0.132. The zero-order valence-electron chi connectivity index (χ0n) is 11.7. The highest BCUT2D eigenvalue weighted by atomic mass is 35.5. The van der Waals surface area contributed by atoms with E-state index < -0.39 is 9.84 Å². The number of hydrogen-bond acceptors (Lipinski definition) is 4. The molecule has 0 aromatic heterocycles. The van der Waals surface area contributed by atoms with Crippen LogP contribution in [0.15, 0.2) is 0 Å². The number of likely N-dealkylation sites (tertiary alicyclic amines) is 1. The third kappa shape index (κ3) is 5.67. The Balaban J connectivity index is 0.00000324. The molecule has 2 unspecified atom stereocenters. The van der Waals surface area contributed by atoms with Crippen LogP contribution in [0.5, 0.6) is 0 Å². The molecule has 2 N–H and O–H groups in total. The van der Waals surface area contributed by atoms with Crippen molar-refractivity contribution in [2.75, 3.05) is 24.6 Å². The Morgan fingerprint density at radius 2 is 2.05 bits per heavy atom. The molecule has 1 aliphatic heterocycles. The van der Waals surface area contributed by atoms with Crippen molar-refractivity contribution in [3.8, 4) is 0 Å². The van der Waals surface area contributed by atoms with Gasteiger partial charge in [0.15, 0.2) is 9.84 Å². The largest absolute Gasteiger partial charge is 0.338 e. The van der Waals surface area contributed by atoms with E-state index >= 15 is 0 Å². The molecule has 1 rings (SSSR count). The highest BCUT2D eigenvalue weighted by Crippen LogP contribution is 2.22. The van der Waals surface area contributed by atoms with Crippen LogP contribution in [0.3, 0.4) is 0 Å². The number of hydrogen-bond donors (Lipinski definition) is 1. The Labute approximate surface area is 122 Å². The Bertz CT molecular complexity index is 386. The SMILES string of the molecule is CCCS(=O)(=O)CC(=O)N1CCC(C)CC1CN.Cl. The first-order valence-electron chi connectivity index (χ1n) is 6.59. The molecule has 19 heavy (non-hydrogen) atoms. The Hall–Kier alpha value is -0.330. The number of halogens is 1. The normalized spacial score (nSPS) is 23.8. The van der Waals surface area contributed by atoms with Gasteiger partial charge in [-0.25, -0.2) is 8.42 Å². The quantitative estimate of drug-likeness (QED) is 0.815. The molecule has 1 aliphatic rings. The zero-order valence-corrected chi connectivity index (χ0v) is 13.3. The van der Waals surface area contributed by atoms with Gasteiger partial charge in [0, 0.05) is 19.1 Å². The molecule has 0 bridgehead atoms. The summed E-state index contributed by atoms with van der Waals surface area (Å²) in [5.41, 5.74) is 5.67. The number of sulfone groups is 1. The minimum atomic E-state index is -3.26. The van der Waals surface area contributed by atoms with Crippen LogP contribution in [0.1, 0.15) is 33.1 Å². The summed E-state index contributed by atoms with van der Waals surface area (Å²) in [6.07, 6.45) is 2.35. The average molecular weight is 313 g/mol. The highest BCUT2D eigenvalue weighted by molar-refractivity contribution is 7.92. The van der Waals surface area contributed by atoms with E-state index in [2.05, 4.69) is 6.92 Å². The van der Waals surface area contributed by atoms with Gasteiger partial charge in [0.1, 0.15) is 5.75 Å². The molecule has 2 atom stereocenters. The van der Waals surface area contributed by atoms with Gasteiger partial charge in [-0.05, 0) is 25.2 Å². The van der Waals surface area contributed by atoms with Crippen LogP contribution < -0.4 is 5.73 Å². The van der Waals surface area contributed by atoms with Crippen LogP contribution in [0.25, 0.3) is 0 Å². The topological polar surface area (TPSA) is 80.5 Å². The maximum absolute atomic E-state index is 12.1. The summed E-state index contributed by atoms with van der Waals surface area (Å²) in [4.78, 5) is 13.7. The minimum Gasteiger partial charge on any atom is -0.338 e. The maximum atomic E-state index is 12.1. The molecule has 0 spiro atoms. The van der Waals surface area contributed by atoms with E-state index in [0.29, 0.717) is 25.4 Å². The molecule has 1 fully saturated rings. The predicted octanol–water partition coefficient (Wildman–Crippen LogP) is 0.819. The molecular formula is C12H25ClN2O3S. The van der Waals surface area contributed by atoms with Gasteiger partial charge in [-0.2, -0.15) is 0 Å². The lowest BCUT2D eigenvalue weighted by atomic mass is 9.92. The fourth-order valence-electron chi connectivity index (χ4n) is 2.46. The van der Waals surface area contributed by atoms with E-state index in [4.69, 9.17) is 5.73 Å². The molecule has 0 aliphatic carbocycles. The van der Waals surface area contributed by atoms with E-state index in [0.717, 1.165) is 12.8 Å². The summed E-state index contributed by atoms with van der Waals surface area (Å²) in [6, 6.07) is -0.00178. The lowest BCUT2D eigenvalue weighted by Gasteiger charge is -2.38. The van der Waals surface area contributed by atoms with Gasteiger partial charge in [0.2, 0.25) is 5.91 Å². The number of piperidine rings is 1. The molecule has 7 heteroatoms. The number of rotatable bonds is 5. The smallest absolute Gasteiger partial charge is 0.238 e.